The highest BCUT2D eigenvalue weighted by molar-refractivity contribution is 14.1. The number of nitrogens with zero attached hydrogens (tertiary/aromatic N) is 1. The molecule has 0 atom stereocenters. The number of hydrogen-bond donors (Lipinski definition) is 2. The number of halogens is 4. The van der Waals surface area contributed by atoms with Crippen LogP contribution in [0.25, 0.3) is 0 Å². The largest absolute Gasteiger partial charge is 0.414 e. The number of carbonyl (C=O) groups is 1. The summed E-state index contributed by atoms with van der Waals surface area (Å²) < 4.78 is 50.1. The average molecular weight is 609 g/mol. The van der Waals surface area contributed by atoms with Crippen molar-refractivity contribution in [3.63, 3.8) is 0 Å². The van der Waals surface area contributed by atoms with Gasteiger partial charge in [0, 0.05) is 9.13 Å². The Bertz CT molecular complexity index is 1060. The maximum absolute atomic E-state index is 14.8. The number of hydrogen-bond acceptors (Lipinski definition) is 6. The van der Waals surface area contributed by atoms with E-state index in [9.17, 15) is 22.9 Å². The number of benzene rings is 2. The van der Waals surface area contributed by atoms with Crippen LogP contribution >= 0.6 is 22.6 Å². The lowest BCUT2D eigenvalue weighted by Crippen LogP contribution is -2.41. The van der Waals surface area contributed by atoms with Crippen LogP contribution in [0.5, 0.6) is 0 Å². The van der Waals surface area contributed by atoms with Crippen LogP contribution in [0.2, 0.25) is 18.1 Å². The first-order valence-corrected chi connectivity index (χ1v) is 14.4. The Labute approximate surface area is 211 Å². The smallest absolute Gasteiger partial charge is 0.277 e. The van der Waals surface area contributed by atoms with Crippen molar-refractivity contribution in [2.45, 2.75) is 45.4 Å². The summed E-state index contributed by atoms with van der Waals surface area (Å²) in [6.07, 6.45) is 0. The molecule has 2 N–H and O–H groups in total. The van der Waals surface area contributed by atoms with Crippen molar-refractivity contribution < 1.29 is 27.2 Å². The third kappa shape index (κ3) is 6.99. The molecule has 0 fully saturated rings. The molecular formula is C22H27F3IN3O4Si. The molecule has 0 bridgehead atoms. The normalized spacial score (nSPS) is 11.9. The molecule has 0 spiro atoms. The first-order chi connectivity index (χ1) is 15.8. The summed E-state index contributed by atoms with van der Waals surface area (Å²) in [4.78, 5) is 28.5. The zero-order valence-corrected chi connectivity index (χ0v) is 22.7. The summed E-state index contributed by atoms with van der Waals surface area (Å²) in [5.41, 5.74) is 0.567. The molecule has 7 nitrogen and oxygen atoms in total. The van der Waals surface area contributed by atoms with E-state index in [2.05, 4.69) is 49.8 Å². The maximum Gasteiger partial charge on any atom is 0.277 e. The predicted octanol–water partition coefficient (Wildman–Crippen LogP) is 6.40. The molecule has 0 unspecified atom stereocenters. The number of nitrogens with one attached hydrogen (secondary N) is 2. The first-order valence-electron chi connectivity index (χ1n) is 10.4. The zero-order chi connectivity index (χ0) is 25.7. The molecule has 2 aromatic carbocycles. The molecule has 1 amide bonds. The predicted molar refractivity (Wildman–Crippen MR) is 135 cm³/mol. The maximum atomic E-state index is 14.8. The summed E-state index contributed by atoms with van der Waals surface area (Å²) in [6.45, 7) is 9.93. The third-order valence-corrected chi connectivity index (χ3v) is 10.8. The van der Waals surface area contributed by atoms with E-state index in [4.69, 9.17) is 9.26 Å². The Hall–Kier alpha value is -2.03. The molecule has 0 aliphatic heterocycles. The van der Waals surface area contributed by atoms with E-state index in [0.29, 0.717) is 3.57 Å². The van der Waals surface area contributed by atoms with Gasteiger partial charge in [-0.25, -0.2) is 18.7 Å². The summed E-state index contributed by atoms with van der Waals surface area (Å²) >= 11 is 1.90. The van der Waals surface area contributed by atoms with Crippen LogP contribution in [0.1, 0.15) is 36.7 Å². The van der Waals surface area contributed by atoms with Gasteiger partial charge in [0.1, 0.15) is 12.4 Å². The average Bonchev–Trinajstić information content (AvgIpc) is 2.73. The molecule has 2 rings (SSSR count). The van der Waals surface area contributed by atoms with Crippen molar-refractivity contribution in [2.24, 2.45) is 5.18 Å². The van der Waals surface area contributed by atoms with Gasteiger partial charge in [0.25, 0.3) is 5.91 Å². The number of anilines is 2. The number of rotatable bonds is 10. The third-order valence-electron chi connectivity index (χ3n) is 5.57. The van der Waals surface area contributed by atoms with Crippen molar-refractivity contribution >= 4 is 48.2 Å². The second-order valence-electron chi connectivity index (χ2n) is 9.01. The van der Waals surface area contributed by atoms with Gasteiger partial charge < -0.3 is 9.74 Å². The van der Waals surface area contributed by atoms with Crippen molar-refractivity contribution in [3.8, 4) is 0 Å². The number of hydroxylamine groups is 1. The van der Waals surface area contributed by atoms with E-state index in [-0.39, 0.29) is 29.5 Å². The van der Waals surface area contributed by atoms with Crippen LogP contribution in [0.4, 0.5) is 24.5 Å². The van der Waals surface area contributed by atoms with E-state index in [0.717, 1.165) is 6.07 Å². The Morgan fingerprint density at radius 1 is 1.12 bits per heavy atom. The summed E-state index contributed by atoms with van der Waals surface area (Å²) in [7, 11) is -2.01. The van der Waals surface area contributed by atoms with Crippen molar-refractivity contribution in [1.29, 1.82) is 0 Å². The van der Waals surface area contributed by atoms with Gasteiger partial charge in [-0.1, -0.05) is 25.9 Å². The quantitative estimate of drug-likeness (QED) is 0.107. The number of carbonyl (C=O) groups excluding carboxylic acids is 1. The fourth-order valence-corrected chi connectivity index (χ4v) is 4.10. The molecule has 12 heteroatoms. The second-order valence-corrected chi connectivity index (χ2v) is 15.1. The first kappa shape index (κ1) is 28.2. The van der Waals surface area contributed by atoms with E-state index in [1.165, 1.54) is 12.1 Å². The topological polar surface area (TPSA) is 89.0 Å². The van der Waals surface area contributed by atoms with Gasteiger partial charge in [-0.05, 0) is 65.0 Å². The van der Waals surface area contributed by atoms with Gasteiger partial charge >= 0.3 is 0 Å². The van der Waals surface area contributed by atoms with E-state index < -0.39 is 49.5 Å². The molecule has 0 aromatic heterocycles. The lowest BCUT2D eigenvalue weighted by molar-refractivity contribution is 0.0184. The highest BCUT2D eigenvalue weighted by Gasteiger charge is 2.36. The molecular weight excluding hydrogens is 582 g/mol. The van der Waals surface area contributed by atoms with E-state index >= 15 is 0 Å². The lowest BCUT2D eigenvalue weighted by atomic mass is 10.1. The van der Waals surface area contributed by atoms with Crippen LogP contribution in [0.3, 0.4) is 0 Å². The van der Waals surface area contributed by atoms with Crippen LogP contribution in [-0.2, 0) is 15.8 Å². The van der Waals surface area contributed by atoms with Crippen LogP contribution in [0, 0.1) is 25.9 Å². The van der Waals surface area contributed by atoms with Gasteiger partial charge in [-0.15, -0.1) is 0 Å². The van der Waals surface area contributed by atoms with Gasteiger partial charge in [0.05, 0.1) is 30.2 Å². The number of amides is 1. The zero-order valence-electron chi connectivity index (χ0n) is 19.5. The van der Waals surface area contributed by atoms with Gasteiger partial charge in [0.15, 0.2) is 20.0 Å². The fourth-order valence-electron chi connectivity index (χ4n) is 2.62. The van der Waals surface area contributed by atoms with Crippen molar-refractivity contribution in [2.75, 3.05) is 18.5 Å². The Balaban J connectivity index is 2.22. The van der Waals surface area contributed by atoms with Crippen LogP contribution < -0.4 is 10.8 Å². The molecule has 0 radical (unpaired) electrons. The Morgan fingerprint density at radius 2 is 1.79 bits per heavy atom. The molecule has 0 aliphatic carbocycles. The molecule has 34 heavy (non-hydrogen) atoms. The SMILES string of the molecule is CC(C)(C)[Si](C)(C)OCCONC(=O)c1cc(CN=O)c(F)c(F)c1Nc1ccc(I)cc1F. The fraction of sp³-hybridized carbons (Fsp3) is 0.409. The van der Waals surface area contributed by atoms with Crippen molar-refractivity contribution in [1.82, 2.24) is 5.48 Å². The van der Waals surface area contributed by atoms with E-state index in [1.54, 1.807) is 6.07 Å². The highest BCUT2D eigenvalue weighted by Crippen LogP contribution is 2.36. The summed E-state index contributed by atoms with van der Waals surface area (Å²) in [5, 5.41) is 4.99. The molecule has 0 aliphatic rings. The molecule has 0 saturated carbocycles. The highest BCUT2D eigenvalue weighted by atomic mass is 127. The standard InChI is InChI=1S/C22H27F3IN3O4Si/c1-22(2,3)34(4,5)33-9-8-32-29-21(30)15-10-13(12-27-31)18(24)19(25)20(15)28-17-7-6-14(26)11-16(17)23/h6-7,10-11,28H,8-9,12H2,1-5H3,(H,29,30). The minimum atomic E-state index is -2.01. The van der Waals surface area contributed by atoms with Gasteiger partial charge in [0.2, 0.25) is 0 Å². The minimum absolute atomic E-state index is 0.00372. The molecule has 186 valence electrons. The summed E-state index contributed by atoms with van der Waals surface area (Å²) in [5.74, 6) is -4.47. The monoisotopic (exact) mass is 609 g/mol. The number of nitroso groups, excluding NO2 is 1. The lowest BCUT2D eigenvalue weighted by Gasteiger charge is -2.36. The minimum Gasteiger partial charge on any atom is -0.414 e. The van der Waals surface area contributed by atoms with Crippen molar-refractivity contribution in [3.05, 3.63) is 61.3 Å². The molecule has 0 heterocycles. The summed E-state index contributed by atoms with van der Waals surface area (Å²) in [6, 6.07) is 5.03. The second kappa shape index (κ2) is 11.6. The molecule has 2 aromatic rings. The Morgan fingerprint density at radius 3 is 2.38 bits per heavy atom. The van der Waals surface area contributed by atoms with Gasteiger partial charge in [-0.3, -0.25) is 9.63 Å². The van der Waals surface area contributed by atoms with Crippen LogP contribution in [0.15, 0.2) is 29.4 Å². The van der Waals surface area contributed by atoms with Crippen LogP contribution in [-0.4, -0.2) is 27.4 Å². The van der Waals surface area contributed by atoms with Gasteiger partial charge in [-0.2, -0.15) is 4.91 Å². The van der Waals surface area contributed by atoms with E-state index in [1.807, 2.05) is 22.6 Å². The molecule has 0 saturated heterocycles. The Kier molecular flexibility index (Phi) is 9.62.